The van der Waals surface area contributed by atoms with E-state index in [1.54, 1.807) is 59.0 Å². The summed E-state index contributed by atoms with van der Waals surface area (Å²) in [6.07, 6.45) is 3.51. The lowest BCUT2D eigenvalue weighted by molar-refractivity contribution is -0.145. The van der Waals surface area contributed by atoms with Crippen LogP contribution in [0, 0.1) is 17.2 Å². The first-order valence-electron chi connectivity index (χ1n) is 23.9. The minimum absolute atomic E-state index is 0.0501. The van der Waals surface area contributed by atoms with Gasteiger partial charge in [-0.3, -0.25) is 38.6 Å². The van der Waals surface area contributed by atoms with Crippen LogP contribution < -0.4 is 48.7 Å². The van der Waals surface area contributed by atoms with Gasteiger partial charge in [-0.1, -0.05) is 52.0 Å². The first-order valence-corrected chi connectivity index (χ1v) is 23.9. The second kappa shape index (κ2) is 28.0. The second-order valence-corrected chi connectivity index (χ2v) is 18.4. The van der Waals surface area contributed by atoms with E-state index in [0.717, 1.165) is 0 Å². The van der Waals surface area contributed by atoms with Gasteiger partial charge in [-0.2, -0.15) is 0 Å². The number of carbonyl (C=O) groups excluding carboxylic acids is 7. The third kappa shape index (κ3) is 17.9. The van der Waals surface area contributed by atoms with Crippen molar-refractivity contribution >= 4 is 59.0 Å². The van der Waals surface area contributed by atoms with Crippen molar-refractivity contribution in [2.75, 3.05) is 26.7 Å². The molecule has 4 rings (SSSR count). The molecular weight excluding hydrogens is 947 g/mol. The summed E-state index contributed by atoms with van der Waals surface area (Å²) in [7, 11) is 1.56. The smallest absolute Gasteiger partial charge is 0.385 e. The fourth-order valence-corrected chi connectivity index (χ4v) is 8.08. The van der Waals surface area contributed by atoms with E-state index in [9.17, 15) is 48.6 Å². The number of amides is 7. The largest absolute Gasteiger partial charge is 0.508 e. The topological polar surface area (TPSA) is 386 Å². The molecule has 7 atom stereocenters. The Hall–Kier alpha value is -8.14. The van der Waals surface area contributed by atoms with Gasteiger partial charge < -0.3 is 68.8 Å². The molecule has 73 heavy (non-hydrogen) atoms. The lowest BCUT2D eigenvalue weighted by Gasteiger charge is -2.31. The molecule has 25 nitrogen and oxygen atoms in total. The van der Waals surface area contributed by atoms with Crippen LogP contribution in [0.3, 0.4) is 0 Å². The number of diazo groups is 1. The predicted octanol–water partition coefficient (Wildman–Crippen LogP) is -0.803. The number of aromatic nitrogens is 2. The highest BCUT2D eigenvalue weighted by molar-refractivity contribution is 5.98. The number of imidazole rings is 1. The number of benzene rings is 2. The van der Waals surface area contributed by atoms with Gasteiger partial charge >= 0.3 is 11.7 Å². The van der Waals surface area contributed by atoms with E-state index in [1.807, 2.05) is 0 Å². The molecule has 0 spiro atoms. The van der Waals surface area contributed by atoms with Crippen molar-refractivity contribution in [2.24, 2.45) is 28.3 Å². The maximum absolute atomic E-state index is 14.5. The Labute approximate surface area is 422 Å². The Morgan fingerprint density at radius 3 is 1.89 bits per heavy atom. The molecule has 2 aromatic carbocycles. The van der Waals surface area contributed by atoms with Crippen LogP contribution in [0.1, 0.15) is 70.2 Å². The van der Waals surface area contributed by atoms with Gasteiger partial charge in [-0.15, -0.1) is 0 Å². The summed E-state index contributed by atoms with van der Waals surface area (Å²) in [6.45, 7) is 6.87. The quantitative estimate of drug-likeness (QED) is 0.0193. The number of carbonyl (C=O) groups is 8. The van der Waals surface area contributed by atoms with E-state index in [4.69, 9.17) is 16.9 Å². The second-order valence-electron chi connectivity index (χ2n) is 18.4. The average Bonchev–Trinajstić information content (AvgIpc) is 4.06. The molecule has 1 aliphatic rings. The highest BCUT2D eigenvalue weighted by Crippen LogP contribution is 2.21. The maximum Gasteiger partial charge on any atom is 0.385 e. The summed E-state index contributed by atoms with van der Waals surface area (Å²) >= 11 is 0. The Balaban J connectivity index is 1.56. The van der Waals surface area contributed by atoms with Crippen LogP contribution in [-0.4, -0.2) is 147 Å². The molecular formula is C48H68N15O10+. The van der Waals surface area contributed by atoms with Gasteiger partial charge in [0.15, 0.2) is 10.9 Å². The summed E-state index contributed by atoms with van der Waals surface area (Å²) < 4.78 is 0. The molecule has 1 aliphatic heterocycles. The number of H-pyrrole nitrogens is 1. The van der Waals surface area contributed by atoms with Crippen molar-refractivity contribution in [1.82, 2.24) is 52.1 Å². The van der Waals surface area contributed by atoms with Crippen LogP contribution in [0.5, 0.6) is 5.75 Å². The number of phenolic OH excluding ortho intramolecular Hbond substituents is 1. The lowest BCUT2D eigenvalue weighted by atomic mass is 9.98. The number of carboxylic acids is 1. The van der Waals surface area contributed by atoms with E-state index in [-0.39, 0.29) is 69.1 Å². The van der Waals surface area contributed by atoms with Crippen LogP contribution in [0.25, 0.3) is 4.98 Å². The molecule has 0 radical (unpaired) electrons. The number of hydrogen-bond acceptors (Lipinski definition) is 13. The predicted molar refractivity (Wildman–Crippen MR) is 266 cm³/mol. The highest BCUT2D eigenvalue weighted by atomic mass is 16.4. The number of nitrogens with one attached hydrogen (secondary N) is 8. The van der Waals surface area contributed by atoms with Crippen molar-refractivity contribution in [3.05, 3.63) is 82.9 Å². The molecule has 25 heteroatoms. The lowest BCUT2D eigenvalue weighted by Crippen LogP contribution is -2.61. The van der Waals surface area contributed by atoms with Gasteiger partial charge in [-0.05, 0) is 67.8 Å². The van der Waals surface area contributed by atoms with Gasteiger partial charge in [0, 0.05) is 56.4 Å². The van der Waals surface area contributed by atoms with Crippen molar-refractivity contribution in [3.8, 4) is 5.75 Å². The molecule has 0 unspecified atom stereocenters. The van der Waals surface area contributed by atoms with Gasteiger partial charge in [-0.25, -0.2) is 9.78 Å². The monoisotopic (exact) mass is 1010 g/mol. The summed E-state index contributed by atoms with van der Waals surface area (Å²) in [5, 5.41) is 47.9. The molecule has 14 N–H and O–H groups in total. The zero-order valence-corrected chi connectivity index (χ0v) is 41.6. The average molecular weight is 1020 g/mol. The minimum atomic E-state index is -1.37. The summed E-state index contributed by atoms with van der Waals surface area (Å²) in [5.74, 6) is -7.51. The fraction of sp³-hybridized carbons (Fsp3) is 0.500. The molecule has 0 bridgehead atoms. The number of nitrogens with two attached hydrogens (primary N) is 2. The van der Waals surface area contributed by atoms with Crippen LogP contribution in [-0.2, 0) is 57.6 Å². The third-order valence-electron chi connectivity index (χ3n) is 12.0. The molecule has 0 aliphatic carbocycles. The zero-order chi connectivity index (χ0) is 53.8. The number of aliphatic carboxylic acids is 1. The first-order chi connectivity index (χ1) is 34.7. The molecule has 1 saturated heterocycles. The molecule has 3 aromatic rings. The highest BCUT2D eigenvalue weighted by Gasteiger charge is 2.41. The molecule has 1 fully saturated rings. The number of phenols is 1. The number of rotatable bonds is 27. The first kappa shape index (κ1) is 57.4. The number of likely N-dealkylation sites (tertiary alicyclic amines) is 1. The SMILES string of the molecule is CNCC(=O)N[C@@H](CCCN=C(N)N)C(=O)N[C@H](C(=O)N[C@@H](Cc1ccc(O)cc1)C(=O)N[C@H](C(=O)N[C@@H](Cc1cnc[nH]1)C(=O)N1CCC[C@H]1C(=O)N[C@@H](Cc1ccc([N+]#N)cc1)C(=O)O)C(C)C)C(C)C. The van der Waals surface area contributed by atoms with Gasteiger partial charge in [0.25, 0.3) is 0 Å². The van der Waals surface area contributed by atoms with Gasteiger partial charge in [0.1, 0.15) is 48.0 Å². The minimum Gasteiger partial charge on any atom is -0.508 e. The number of hydrogen-bond donors (Lipinski definition) is 12. The van der Waals surface area contributed by atoms with E-state index in [0.29, 0.717) is 29.7 Å². The molecule has 394 valence electrons. The summed E-state index contributed by atoms with van der Waals surface area (Å²) in [6, 6.07) is 3.21. The van der Waals surface area contributed by atoms with Crippen LogP contribution in [0.15, 0.2) is 66.0 Å². The van der Waals surface area contributed by atoms with E-state index in [2.05, 4.69) is 57.2 Å². The molecule has 0 saturated carbocycles. The number of aliphatic imine (C=N–C) groups is 1. The zero-order valence-electron chi connectivity index (χ0n) is 41.6. The summed E-state index contributed by atoms with van der Waals surface area (Å²) in [4.78, 5) is 125. The van der Waals surface area contributed by atoms with Gasteiger partial charge in [0.2, 0.25) is 46.7 Å². The van der Waals surface area contributed by atoms with Crippen molar-refractivity contribution in [2.45, 2.75) is 115 Å². The normalized spacial score (nSPS) is 15.6. The van der Waals surface area contributed by atoms with Crippen molar-refractivity contribution in [3.63, 3.8) is 0 Å². The van der Waals surface area contributed by atoms with E-state index >= 15 is 0 Å². The van der Waals surface area contributed by atoms with Crippen molar-refractivity contribution < 1.29 is 48.6 Å². The van der Waals surface area contributed by atoms with Crippen molar-refractivity contribution in [1.29, 1.82) is 5.39 Å². The maximum atomic E-state index is 14.5. The number of aromatic amines is 1. The Morgan fingerprint density at radius 1 is 0.781 bits per heavy atom. The number of carboxylic acid groups (broad SMARTS) is 1. The molecule has 1 aromatic heterocycles. The fourth-order valence-electron chi connectivity index (χ4n) is 8.08. The molecule has 2 heterocycles. The van der Waals surface area contributed by atoms with E-state index < -0.39 is 101 Å². The number of guanidine groups is 1. The summed E-state index contributed by atoms with van der Waals surface area (Å²) in [5.41, 5.74) is 12.6. The van der Waals surface area contributed by atoms with Gasteiger partial charge in [0.05, 0.1) is 12.9 Å². The van der Waals surface area contributed by atoms with Crippen LogP contribution in [0.2, 0.25) is 0 Å². The van der Waals surface area contributed by atoms with Crippen LogP contribution >= 0.6 is 0 Å². The number of nitrogens with zero attached hydrogens (tertiary/aromatic N) is 5. The van der Waals surface area contributed by atoms with E-state index in [1.165, 1.54) is 41.7 Å². The third-order valence-corrected chi connectivity index (χ3v) is 12.0. The molecule has 7 amide bonds. The Kier molecular flexibility index (Phi) is 22.1. The Bertz CT molecular complexity index is 2440. The number of aromatic hydroxyl groups is 1. The Morgan fingerprint density at radius 2 is 1.36 bits per heavy atom. The standard InChI is InChI=1S/C48H67N15O10/c1-26(2)39(60-41(66)33(56-38(65)24-52-5)8-6-18-54-48(49)50)44(69)57-34(20-29-12-16-32(64)17-13-29)42(67)61-40(27(3)4)45(70)58-35(22-31-23-53-25-55-31)46(71)63-19-7-9-37(63)43(68)59-36(47(72)73)21-28-10-14-30(62-51)15-11-28/h10-17,23,25-27,33-37,39-40,52H,6-9,18-22,24H2,1-5H3,(H12-,49,50,53,54,55,56,57,58,59,60,61,64,65,66,67,68,69,70,72,73)/p+1/t33-,34-,35-,36-,37-,39-,40-/m0/s1. The number of likely N-dealkylation sites (N-methyl/N-ethyl adjacent to an activating group) is 1. The van der Waals surface area contributed by atoms with Crippen LogP contribution in [0.4, 0.5) is 5.69 Å².